The van der Waals surface area contributed by atoms with Crippen LogP contribution in [-0.2, 0) is 32.6 Å². The molecule has 4 aromatic heterocycles. The van der Waals surface area contributed by atoms with Crippen LogP contribution >= 0.6 is 0 Å². The number of anilines is 2. The third-order valence-corrected chi connectivity index (χ3v) is 14.9. The second kappa shape index (κ2) is 19.4. The fourth-order valence-corrected chi connectivity index (χ4v) is 11.7. The van der Waals surface area contributed by atoms with Gasteiger partial charge in [0.15, 0.2) is 0 Å². The Labute approximate surface area is 405 Å². The van der Waals surface area contributed by atoms with E-state index in [1.165, 1.54) is 38.5 Å². The Bertz CT molecular complexity index is 2960. The molecule has 10 rings (SSSR count). The fourth-order valence-electron chi connectivity index (χ4n) is 11.7. The van der Waals surface area contributed by atoms with Crippen LogP contribution < -0.4 is 26.4 Å². The summed E-state index contributed by atoms with van der Waals surface area (Å²) in [4.78, 5) is 27.6. The molecule has 0 radical (unpaired) electrons. The summed E-state index contributed by atoms with van der Waals surface area (Å²) < 4.78 is 15.5. The van der Waals surface area contributed by atoms with E-state index in [9.17, 15) is 4.79 Å². The van der Waals surface area contributed by atoms with Gasteiger partial charge in [0, 0.05) is 67.2 Å². The van der Waals surface area contributed by atoms with Crippen LogP contribution in [0.3, 0.4) is 0 Å². The molecule has 6 aromatic rings. The highest BCUT2D eigenvalue weighted by molar-refractivity contribution is 5.99. The summed E-state index contributed by atoms with van der Waals surface area (Å²) in [5.41, 5.74) is 17.8. The van der Waals surface area contributed by atoms with Gasteiger partial charge in [0.25, 0.3) is 5.91 Å². The van der Waals surface area contributed by atoms with Crippen molar-refractivity contribution in [1.29, 1.82) is 0 Å². The number of nitrogens with two attached hydrogens (primary N) is 1. The maximum atomic E-state index is 14.3. The Morgan fingerprint density at radius 1 is 0.696 bits per heavy atom. The molecule has 2 bridgehead atoms. The van der Waals surface area contributed by atoms with E-state index in [1.807, 2.05) is 47.5 Å². The van der Waals surface area contributed by atoms with E-state index in [2.05, 4.69) is 87.9 Å². The smallest absolute Gasteiger partial charge is 0.251 e. The minimum atomic E-state index is -0.0390. The summed E-state index contributed by atoms with van der Waals surface area (Å²) in [5, 5.41) is 20.0. The zero-order valence-corrected chi connectivity index (χ0v) is 41.0. The standard InChI is InChI=1S/C54H69N13O2/c1-8-65-47(26-33(3)61-65)36(6)56-53-59-45-30-40(52(68)58-41-16-11-10-12-17-41)28-38-20-21-44(67-42-18-15-19-43(67)23-22-42)32-69-49-31-39(35(5)55)29-46-51(49)64(25-14-13-24-63(53)50(38)45)54(60-46)57-37(7)48-27-34(4)62-66(48)9-2/h13-14,26-31,41-44H,5-12,15-25,32,55H2,1-4H3,(H,56,59)(H,57,60)(H,58,68)/b14-13+. The van der Waals surface area contributed by atoms with Crippen molar-refractivity contribution in [2.45, 2.75) is 155 Å². The predicted octanol–water partition coefficient (Wildman–Crippen LogP) is 9.56. The third kappa shape index (κ3) is 9.20. The number of rotatable bonds is 12. The average Bonchev–Trinajstić information content (AvgIpc) is 4.15. The van der Waals surface area contributed by atoms with Crippen LogP contribution in [0.15, 0.2) is 68.3 Å². The van der Waals surface area contributed by atoms with Crippen LogP contribution in [0.4, 0.5) is 11.9 Å². The summed E-state index contributed by atoms with van der Waals surface area (Å²) in [7, 11) is 0. The Kier molecular flexibility index (Phi) is 13.0. The number of ether oxygens (including phenoxy) is 1. The van der Waals surface area contributed by atoms with Crippen LogP contribution in [0.25, 0.3) is 39.2 Å². The van der Waals surface area contributed by atoms with Crippen molar-refractivity contribution < 1.29 is 9.53 Å². The number of imidazole rings is 2. The van der Waals surface area contributed by atoms with E-state index >= 15 is 0 Å². The molecule has 15 heteroatoms. The molecule has 0 spiro atoms. The third-order valence-electron chi connectivity index (χ3n) is 14.9. The number of allylic oxidation sites excluding steroid dienone is 2. The van der Waals surface area contributed by atoms with Gasteiger partial charge in [-0.05, 0) is 121 Å². The van der Waals surface area contributed by atoms with E-state index in [-0.39, 0.29) is 18.0 Å². The van der Waals surface area contributed by atoms with E-state index in [0.717, 1.165) is 94.5 Å². The molecule has 5 N–H and O–H groups in total. The van der Waals surface area contributed by atoms with Gasteiger partial charge in [-0.25, -0.2) is 9.97 Å². The molecule has 3 aliphatic heterocycles. The summed E-state index contributed by atoms with van der Waals surface area (Å²) in [6.07, 6.45) is 17.4. The van der Waals surface area contributed by atoms with Gasteiger partial charge in [-0.3, -0.25) is 19.1 Å². The first-order valence-electron chi connectivity index (χ1n) is 25.4. The Hall–Kier alpha value is -6.61. The summed E-state index contributed by atoms with van der Waals surface area (Å²) >= 11 is 0. The number of carbonyl (C=O) groups is 1. The Balaban J connectivity index is 1.11. The lowest BCUT2D eigenvalue weighted by molar-refractivity contribution is 0.0529. The predicted molar refractivity (Wildman–Crippen MR) is 277 cm³/mol. The maximum absolute atomic E-state index is 14.3. The molecule has 362 valence electrons. The van der Waals surface area contributed by atoms with Crippen molar-refractivity contribution in [2.24, 2.45) is 5.73 Å². The molecule has 4 aliphatic rings. The quantitative estimate of drug-likeness (QED) is 0.0870. The largest absolute Gasteiger partial charge is 0.490 e. The number of hydrogen-bond donors (Lipinski definition) is 4. The number of carbonyl (C=O) groups excluding carboxylic acids is 1. The number of amides is 1. The minimum absolute atomic E-state index is 0.0390. The van der Waals surface area contributed by atoms with Crippen molar-refractivity contribution in [3.05, 3.63) is 108 Å². The zero-order chi connectivity index (χ0) is 47.9. The summed E-state index contributed by atoms with van der Waals surface area (Å²) in [5.74, 6) is 1.94. The van der Waals surface area contributed by atoms with Crippen molar-refractivity contribution in [2.75, 3.05) is 17.2 Å². The van der Waals surface area contributed by atoms with Crippen LogP contribution in [-0.4, -0.2) is 80.2 Å². The summed E-state index contributed by atoms with van der Waals surface area (Å²) in [6, 6.07) is 13.5. The van der Waals surface area contributed by atoms with Gasteiger partial charge in [-0.1, -0.05) is 57.6 Å². The monoisotopic (exact) mass is 932 g/mol. The topological polar surface area (TPSA) is 163 Å². The average molecular weight is 932 g/mol. The number of piperidine rings is 1. The van der Waals surface area contributed by atoms with Gasteiger partial charge in [-0.2, -0.15) is 10.2 Å². The molecule has 3 unspecified atom stereocenters. The number of nitrogens with one attached hydrogen (secondary N) is 3. The van der Waals surface area contributed by atoms with E-state index in [4.69, 9.17) is 30.6 Å². The van der Waals surface area contributed by atoms with Crippen molar-refractivity contribution in [1.82, 2.24) is 48.9 Å². The lowest BCUT2D eigenvalue weighted by Gasteiger charge is -2.41. The number of hydrogen-bond acceptors (Lipinski definition) is 10. The lowest BCUT2D eigenvalue weighted by Crippen LogP contribution is -2.49. The van der Waals surface area contributed by atoms with Gasteiger partial charge < -0.3 is 35.6 Å². The maximum Gasteiger partial charge on any atom is 0.251 e. The SMILES string of the molecule is C=C(N)c1cc2c3c(c1)nc(NC(=C)c1cc(C)nn1CC)n3C/C=C/Cn1c(NC(=C)c3cc(C)nn3CC)nc3cc(C(=O)NC4CCCCC4)cc(c31)CCC(N1C3CCCC1CC3)CO2. The molecule has 1 amide bonds. The second-order valence-corrected chi connectivity index (χ2v) is 19.7. The number of nitrogens with zero attached hydrogens (tertiary/aromatic N) is 9. The minimum Gasteiger partial charge on any atom is -0.490 e. The first kappa shape index (κ1) is 46.1. The first-order chi connectivity index (χ1) is 33.5. The molecule has 2 saturated heterocycles. The zero-order valence-electron chi connectivity index (χ0n) is 41.0. The molecule has 3 atom stereocenters. The van der Waals surface area contributed by atoms with Gasteiger partial charge in [0.05, 0.1) is 50.7 Å². The van der Waals surface area contributed by atoms with Crippen molar-refractivity contribution in [3.8, 4) is 5.75 Å². The van der Waals surface area contributed by atoms with Gasteiger partial charge >= 0.3 is 0 Å². The first-order valence-corrected chi connectivity index (χ1v) is 25.4. The highest BCUT2D eigenvalue weighted by Gasteiger charge is 2.41. The van der Waals surface area contributed by atoms with E-state index in [0.29, 0.717) is 85.2 Å². The molecule has 2 aromatic carbocycles. The van der Waals surface area contributed by atoms with Gasteiger partial charge in [0.1, 0.15) is 17.9 Å². The van der Waals surface area contributed by atoms with Crippen molar-refractivity contribution >= 4 is 57.0 Å². The lowest BCUT2D eigenvalue weighted by atomic mass is 9.94. The van der Waals surface area contributed by atoms with E-state index < -0.39 is 0 Å². The van der Waals surface area contributed by atoms with Crippen LogP contribution in [0, 0.1) is 13.8 Å². The highest BCUT2D eigenvalue weighted by atomic mass is 16.5. The Morgan fingerprint density at radius 2 is 1.28 bits per heavy atom. The summed E-state index contributed by atoms with van der Waals surface area (Å²) in [6.45, 7) is 24.1. The molecule has 15 nitrogen and oxygen atoms in total. The second-order valence-electron chi connectivity index (χ2n) is 19.7. The number of aromatic nitrogens is 8. The highest BCUT2D eigenvalue weighted by Crippen LogP contribution is 2.40. The Morgan fingerprint density at radius 3 is 1.87 bits per heavy atom. The molecule has 7 heterocycles. The van der Waals surface area contributed by atoms with Crippen LogP contribution in [0.1, 0.15) is 129 Å². The molecular weight excluding hydrogens is 863 g/mol. The fraction of sp³-hybridized carbons (Fsp3) is 0.463. The van der Waals surface area contributed by atoms with Gasteiger partial charge in [0.2, 0.25) is 11.9 Å². The van der Waals surface area contributed by atoms with Gasteiger partial charge in [-0.15, -0.1) is 0 Å². The molecular formula is C54H69N13O2. The van der Waals surface area contributed by atoms with Crippen LogP contribution in [0.5, 0.6) is 5.75 Å². The molecule has 1 aliphatic carbocycles. The van der Waals surface area contributed by atoms with Crippen LogP contribution in [0.2, 0.25) is 0 Å². The van der Waals surface area contributed by atoms with E-state index in [1.54, 1.807) is 0 Å². The normalized spacial score (nSPS) is 20.6. The molecule has 1 saturated carbocycles. The van der Waals surface area contributed by atoms with Crippen molar-refractivity contribution in [3.63, 3.8) is 0 Å². The molecule has 69 heavy (non-hydrogen) atoms. The number of benzene rings is 2. The molecule has 3 fully saturated rings. The number of fused-ring (bicyclic) bond motifs is 2. The number of aryl methyl sites for hydroxylation is 5.